The van der Waals surface area contributed by atoms with Crippen molar-refractivity contribution in [1.29, 1.82) is 0 Å². The molecule has 0 radical (unpaired) electrons. The van der Waals surface area contributed by atoms with Crippen LogP contribution in [0.3, 0.4) is 0 Å². The van der Waals surface area contributed by atoms with Gasteiger partial charge in [-0.3, -0.25) is 9.78 Å². The van der Waals surface area contributed by atoms with Gasteiger partial charge in [0.2, 0.25) is 0 Å². The molecule has 88 valence electrons. The summed E-state index contributed by atoms with van der Waals surface area (Å²) in [6, 6.07) is 3.20. The second kappa shape index (κ2) is 5.41. The SMILES string of the molecule is CC(C)(O)CCCC(=O)c1cc(Cl)ccn1. The van der Waals surface area contributed by atoms with Crippen LogP contribution < -0.4 is 0 Å². The van der Waals surface area contributed by atoms with E-state index in [2.05, 4.69) is 4.98 Å². The van der Waals surface area contributed by atoms with Gasteiger partial charge in [0.15, 0.2) is 5.78 Å². The highest BCUT2D eigenvalue weighted by Gasteiger charge is 2.14. The highest BCUT2D eigenvalue weighted by Crippen LogP contribution is 2.15. The van der Waals surface area contributed by atoms with Crippen LogP contribution in [0.2, 0.25) is 5.02 Å². The van der Waals surface area contributed by atoms with Gasteiger partial charge in [-0.05, 0) is 38.8 Å². The molecule has 0 aliphatic heterocycles. The van der Waals surface area contributed by atoms with Crippen LogP contribution in [-0.2, 0) is 0 Å². The summed E-state index contributed by atoms with van der Waals surface area (Å²) >= 11 is 5.76. The van der Waals surface area contributed by atoms with Crippen molar-refractivity contribution in [3.63, 3.8) is 0 Å². The van der Waals surface area contributed by atoms with Gasteiger partial charge in [0.25, 0.3) is 0 Å². The summed E-state index contributed by atoms with van der Waals surface area (Å²) in [4.78, 5) is 15.6. The Balaban J connectivity index is 2.47. The summed E-state index contributed by atoms with van der Waals surface area (Å²) in [6.07, 6.45) is 3.15. The van der Waals surface area contributed by atoms with Crippen molar-refractivity contribution in [3.8, 4) is 0 Å². The average Bonchev–Trinajstić information content (AvgIpc) is 2.15. The van der Waals surface area contributed by atoms with Crippen molar-refractivity contribution >= 4 is 17.4 Å². The lowest BCUT2D eigenvalue weighted by molar-refractivity contribution is 0.0670. The molecule has 0 unspecified atom stereocenters. The molecular formula is C12H16ClNO2. The number of aromatic nitrogens is 1. The van der Waals surface area contributed by atoms with Crippen LogP contribution in [0, 0.1) is 0 Å². The first-order valence-electron chi connectivity index (χ1n) is 5.25. The van der Waals surface area contributed by atoms with Crippen molar-refractivity contribution in [3.05, 3.63) is 29.0 Å². The van der Waals surface area contributed by atoms with Crippen LogP contribution in [0.4, 0.5) is 0 Å². The molecule has 0 amide bonds. The Labute approximate surface area is 100 Å². The van der Waals surface area contributed by atoms with E-state index in [4.69, 9.17) is 11.6 Å². The summed E-state index contributed by atoms with van der Waals surface area (Å²) in [5.74, 6) is -0.0354. The Bertz CT molecular complexity index is 372. The second-order valence-electron chi connectivity index (χ2n) is 4.45. The lowest BCUT2D eigenvalue weighted by atomic mass is 10.00. The van der Waals surface area contributed by atoms with E-state index in [1.54, 1.807) is 26.0 Å². The van der Waals surface area contributed by atoms with Gasteiger partial charge in [0.05, 0.1) is 5.60 Å². The monoisotopic (exact) mass is 241 g/mol. The first-order chi connectivity index (χ1) is 7.38. The molecule has 16 heavy (non-hydrogen) atoms. The molecule has 1 N–H and O–H groups in total. The highest BCUT2D eigenvalue weighted by atomic mass is 35.5. The first kappa shape index (κ1) is 13.1. The zero-order chi connectivity index (χ0) is 12.2. The van der Waals surface area contributed by atoms with E-state index in [0.29, 0.717) is 30.0 Å². The van der Waals surface area contributed by atoms with Crippen LogP contribution in [0.5, 0.6) is 0 Å². The van der Waals surface area contributed by atoms with Crippen molar-refractivity contribution in [1.82, 2.24) is 4.98 Å². The number of Topliss-reactive ketones (excluding diaryl/α,β-unsaturated/α-hetero) is 1. The molecule has 4 heteroatoms. The summed E-state index contributed by atoms with van der Waals surface area (Å²) in [5.41, 5.74) is -0.328. The third-order valence-corrected chi connectivity index (χ3v) is 2.44. The predicted octanol–water partition coefficient (Wildman–Crippen LogP) is 2.86. The Morgan fingerprint density at radius 3 is 2.81 bits per heavy atom. The Hall–Kier alpha value is -0.930. The molecule has 1 heterocycles. The number of carbonyl (C=O) groups is 1. The zero-order valence-corrected chi connectivity index (χ0v) is 10.3. The van der Waals surface area contributed by atoms with Crippen molar-refractivity contribution in [2.75, 3.05) is 0 Å². The summed E-state index contributed by atoms with van der Waals surface area (Å²) in [6.45, 7) is 3.46. The summed E-state index contributed by atoms with van der Waals surface area (Å²) < 4.78 is 0. The van der Waals surface area contributed by atoms with Gasteiger partial charge in [0.1, 0.15) is 5.69 Å². The second-order valence-corrected chi connectivity index (χ2v) is 4.88. The molecule has 0 aromatic carbocycles. The minimum absolute atomic E-state index is 0.0354. The minimum atomic E-state index is -0.720. The topological polar surface area (TPSA) is 50.2 Å². The lowest BCUT2D eigenvalue weighted by Gasteiger charge is -2.15. The lowest BCUT2D eigenvalue weighted by Crippen LogP contribution is -2.18. The molecule has 0 saturated heterocycles. The number of halogens is 1. The molecule has 0 spiro atoms. The number of hydrogen-bond acceptors (Lipinski definition) is 3. The van der Waals surface area contributed by atoms with Crippen LogP contribution in [0.25, 0.3) is 0 Å². The minimum Gasteiger partial charge on any atom is -0.390 e. The van der Waals surface area contributed by atoms with Gasteiger partial charge < -0.3 is 5.11 Å². The smallest absolute Gasteiger partial charge is 0.181 e. The van der Waals surface area contributed by atoms with Gasteiger partial charge in [0, 0.05) is 17.6 Å². The largest absolute Gasteiger partial charge is 0.390 e. The molecule has 0 atom stereocenters. The molecule has 1 aromatic heterocycles. The third kappa shape index (κ3) is 4.73. The van der Waals surface area contributed by atoms with Gasteiger partial charge in [-0.25, -0.2) is 0 Å². The highest BCUT2D eigenvalue weighted by molar-refractivity contribution is 6.30. The number of aliphatic hydroxyl groups is 1. The fourth-order valence-corrected chi connectivity index (χ4v) is 1.53. The van der Waals surface area contributed by atoms with E-state index in [0.717, 1.165) is 0 Å². The number of hydrogen-bond donors (Lipinski definition) is 1. The maximum Gasteiger partial charge on any atom is 0.181 e. The number of nitrogens with zero attached hydrogens (tertiary/aromatic N) is 1. The van der Waals surface area contributed by atoms with Crippen LogP contribution >= 0.6 is 11.6 Å². The van der Waals surface area contributed by atoms with Crippen molar-refractivity contribution in [2.24, 2.45) is 0 Å². The fraction of sp³-hybridized carbons (Fsp3) is 0.500. The number of rotatable bonds is 5. The normalized spacial score (nSPS) is 11.5. The fourth-order valence-electron chi connectivity index (χ4n) is 1.37. The quantitative estimate of drug-likeness (QED) is 0.807. The van der Waals surface area contributed by atoms with Gasteiger partial charge in [-0.15, -0.1) is 0 Å². The number of ketones is 1. The maximum absolute atomic E-state index is 11.7. The molecule has 0 aliphatic rings. The molecule has 0 fully saturated rings. The average molecular weight is 242 g/mol. The maximum atomic E-state index is 11.7. The third-order valence-electron chi connectivity index (χ3n) is 2.20. The molecule has 1 aromatic rings. The summed E-state index contributed by atoms with van der Waals surface area (Å²) in [5, 5.41) is 10.0. The van der Waals surface area contributed by atoms with Crippen molar-refractivity contribution in [2.45, 2.75) is 38.7 Å². The zero-order valence-electron chi connectivity index (χ0n) is 9.53. The van der Waals surface area contributed by atoms with E-state index in [1.165, 1.54) is 6.20 Å². The Kier molecular flexibility index (Phi) is 4.44. The van der Waals surface area contributed by atoms with E-state index in [1.807, 2.05) is 0 Å². The van der Waals surface area contributed by atoms with E-state index in [-0.39, 0.29) is 5.78 Å². The standard InChI is InChI=1S/C12H16ClNO2/c1-12(2,16)6-3-4-11(15)10-8-9(13)5-7-14-10/h5,7-8,16H,3-4,6H2,1-2H3. The van der Waals surface area contributed by atoms with Crippen LogP contribution in [0.1, 0.15) is 43.6 Å². The van der Waals surface area contributed by atoms with Gasteiger partial charge in [-0.2, -0.15) is 0 Å². The van der Waals surface area contributed by atoms with E-state index < -0.39 is 5.60 Å². The van der Waals surface area contributed by atoms with Crippen molar-refractivity contribution < 1.29 is 9.90 Å². The molecule has 0 bridgehead atoms. The van der Waals surface area contributed by atoms with E-state index in [9.17, 15) is 9.90 Å². The van der Waals surface area contributed by atoms with Gasteiger partial charge in [-0.1, -0.05) is 11.6 Å². The van der Waals surface area contributed by atoms with Crippen LogP contribution in [0.15, 0.2) is 18.3 Å². The van der Waals surface area contributed by atoms with E-state index >= 15 is 0 Å². The summed E-state index contributed by atoms with van der Waals surface area (Å²) in [7, 11) is 0. The molecular weight excluding hydrogens is 226 g/mol. The molecule has 0 saturated carbocycles. The number of carbonyl (C=O) groups excluding carboxylic acids is 1. The predicted molar refractivity (Wildman–Crippen MR) is 63.7 cm³/mol. The molecule has 1 rings (SSSR count). The molecule has 3 nitrogen and oxygen atoms in total. The Morgan fingerprint density at radius 2 is 2.25 bits per heavy atom. The molecule has 0 aliphatic carbocycles. The first-order valence-corrected chi connectivity index (χ1v) is 5.63. The van der Waals surface area contributed by atoms with Crippen LogP contribution in [-0.4, -0.2) is 21.5 Å². The Morgan fingerprint density at radius 1 is 1.56 bits per heavy atom. The van der Waals surface area contributed by atoms with Gasteiger partial charge >= 0.3 is 0 Å². The number of pyridine rings is 1.